The lowest BCUT2D eigenvalue weighted by Crippen LogP contribution is -2.27. The summed E-state index contributed by atoms with van der Waals surface area (Å²) >= 11 is 1.03. The zero-order valence-corrected chi connectivity index (χ0v) is 16.8. The number of nitrogens with zero attached hydrogens (tertiary/aromatic N) is 1. The average molecular weight is 397 g/mol. The topological polar surface area (TPSA) is 66.5 Å². The molecular formula is C22H24N2O3S. The quantitative estimate of drug-likeness (QED) is 0.718. The lowest BCUT2D eigenvalue weighted by Gasteiger charge is -2.13. The second-order valence-electron chi connectivity index (χ2n) is 6.88. The van der Waals surface area contributed by atoms with Gasteiger partial charge in [0.05, 0.1) is 18.7 Å². The first-order chi connectivity index (χ1) is 13.5. The number of nitrogens with one attached hydrogen (secondary N) is 1. The largest absolute Gasteiger partial charge is 0.326 e. The van der Waals surface area contributed by atoms with Gasteiger partial charge in [-0.25, -0.2) is 0 Å². The molecule has 3 amide bonds. The third-order valence-electron chi connectivity index (χ3n) is 4.63. The van der Waals surface area contributed by atoms with Crippen molar-refractivity contribution in [1.29, 1.82) is 0 Å². The summed E-state index contributed by atoms with van der Waals surface area (Å²) in [6, 6.07) is 15.4. The zero-order chi connectivity index (χ0) is 19.9. The Morgan fingerprint density at radius 3 is 2.25 bits per heavy atom. The number of carbonyl (C=O) groups is 3. The molecule has 2 aromatic carbocycles. The highest BCUT2D eigenvalue weighted by atomic mass is 32.2. The van der Waals surface area contributed by atoms with Crippen LogP contribution in [-0.4, -0.2) is 27.7 Å². The van der Waals surface area contributed by atoms with Crippen molar-refractivity contribution in [1.82, 2.24) is 4.90 Å². The Hall–Kier alpha value is -2.60. The van der Waals surface area contributed by atoms with Crippen molar-refractivity contribution < 1.29 is 14.4 Å². The molecule has 0 bridgehead atoms. The van der Waals surface area contributed by atoms with Crippen LogP contribution in [0.2, 0.25) is 0 Å². The Balaban J connectivity index is 1.51. The molecule has 1 aliphatic rings. The molecule has 1 aliphatic heterocycles. The van der Waals surface area contributed by atoms with Crippen LogP contribution in [-0.2, 0) is 29.0 Å². The van der Waals surface area contributed by atoms with Crippen molar-refractivity contribution in [3.05, 3.63) is 65.2 Å². The fourth-order valence-corrected chi connectivity index (χ4v) is 3.73. The van der Waals surface area contributed by atoms with E-state index in [1.165, 1.54) is 23.3 Å². The summed E-state index contributed by atoms with van der Waals surface area (Å²) in [6.45, 7) is 2.44. The molecule has 0 radical (unpaired) electrons. The van der Waals surface area contributed by atoms with Gasteiger partial charge in [-0.3, -0.25) is 19.3 Å². The van der Waals surface area contributed by atoms with Crippen LogP contribution in [0.15, 0.2) is 48.5 Å². The van der Waals surface area contributed by atoms with Crippen molar-refractivity contribution >= 4 is 34.5 Å². The van der Waals surface area contributed by atoms with Crippen LogP contribution in [0.3, 0.4) is 0 Å². The third kappa shape index (κ3) is 5.45. The molecule has 0 aromatic heterocycles. The lowest BCUT2D eigenvalue weighted by molar-refractivity contribution is -0.125. The van der Waals surface area contributed by atoms with Gasteiger partial charge >= 0.3 is 0 Å². The van der Waals surface area contributed by atoms with Crippen LogP contribution in [0.4, 0.5) is 10.5 Å². The Kier molecular flexibility index (Phi) is 6.87. The van der Waals surface area contributed by atoms with Gasteiger partial charge in [0.1, 0.15) is 0 Å². The van der Waals surface area contributed by atoms with Gasteiger partial charge in [-0.15, -0.1) is 0 Å². The summed E-state index contributed by atoms with van der Waals surface area (Å²) < 4.78 is 0. The lowest BCUT2D eigenvalue weighted by atomic mass is 10.0. The molecule has 0 spiro atoms. The van der Waals surface area contributed by atoms with E-state index in [1.54, 1.807) is 12.1 Å². The number of hydrogen-bond acceptors (Lipinski definition) is 4. The van der Waals surface area contributed by atoms with E-state index >= 15 is 0 Å². The van der Waals surface area contributed by atoms with Crippen LogP contribution in [0.5, 0.6) is 0 Å². The molecule has 5 nitrogen and oxygen atoms in total. The molecule has 1 heterocycles. The van der Waals surface area contributed by atoms with Crippen molar-refractivity contribution in [2.75, 3.05) is 11.1 Å². The summed E-state index contributed by atoms with van der Waals surface area (Å²) in [4.78, 5) is 36.9. The molecule has 1 fully saturated rings. The molecule has 146 valence electrons. The summed E-state index contributed by atoms with van der Waals surface area (Å²) in [5.41, 5.74) is 3.83. The fraction of sp³-hybridized carbons (Fsp3) is 0.318. The van der Waals surface area contributed by atoms with Gasteiger partial charge in [0.15, 0.2) is 0 Å². The Morgan fingerprint density at radius 1 is 1.00 bits per heavy atom. The fourth-order valence-electron chi connectivity index (χ4n) is 3.01. The van der Waals surface area contributed by atoms with Gasteiger partial charge in [0.25, 0.3) is 5.24 Å². The van der Waals surface area contributed by atoms with Crippen LogP contribution >= 0.6 is 11.8 Å². The first-order valence-corrected chi connectivity index (χ1v) is 10.5. The first-order valence-electron chi connectivity index (χ1n) is 9.49. The number of rotatable bonds is 8. The molecule has 0 aliphatic carbocycles. The second-order valence-corrected chi connectivity index (χ2v) is 7.80. The van der Waals surface area contributed by atoms with E-state index < -0.39 is 0 Å². The van der Waals surface area contributed by atoms with Crippen LogP contribution in [0.1, 0.15) is 36.5 Å². The molecule has 1 N–H and O–H groups in total. The maximum Gasteiger partial charge on any atom is 0.289 e. The zero-order valence-electron chi connectivity index (χ0n) is 15.9. The van der Waals surface area contributed by atoms with E-state index in [-0.39, 0.29) is 29.4 Å². The number of amides is 3. The summed E-state index contributed by atoms with van der Waals surface area (Å²) in [6.07, 6.45) is 3.74. The predicted octanol–water partition coefficient (Wildman–Crippen LogP) is 4.41. The summed E-state index contributed by atoms with van der Waals surface area (Å²) in [5.74, 6) is -0.0181. The molecule has 6 heteroatoms. The number of thioether (sulfide) groups is 1. The monoisotopic (exact) mass is 396 g/mol. The maximum atomic E-state index is 12.3. The molecule has 0 atom stereocenters. The first kappa shape index (κ1) is 20.1. The van der Waals surface area contributed by atoms with E-state index in [1.807, 2.05) is 24.3 Å². The average Bonchev–Trinajstić information content (AvgIpc) is 3.01. The van der Waals surface area contributed by atoms with Gasteiger partial charge in [0.2, 0.25) is 11.8 Å². The third-order valence-corrected chi connectivity index (χ3v) is 5.48. The van der Waals surface area contributed by atoms with Crippen LogP contribution in [0.25, 0.3) is 0 Å². The highest BCUT2D eigenvalue weighted by Gasteiger charge is 2.29. The minimum Gasteiger partial charge on any atom is -0.326 e. The number of aryl methyl sites for hydroxylation is 1. The molecule has 0 unspecified atom stereocenters. The van der Waals surface area contributed by atoms with E-state index in [0.717, 1.165) is 29.3 Å². The summed E-state index contributed by atoms with van der Waals surface area (Å²) in [5, 5.41) is 2.68. The predicted molar refractivity (Wildman–Crippen MR) is 112 cm³/mol. The number of hydrogen-bond donors (Lipinski definition) is 1. The number of unbranched alkanes of at least 4 members (excludes halogenated alkanes) is 1. The highest BCUT2D eigenvalue weighted by molar-refractivity contribution is 8.14. The molecule has 2 aromatic rings. The van der Waals surface area contributed by atoms with Crippen molar-refractivity contribution in [2.45, 2.75) is 39.2 Å². The van der Waals surface area contributed by atoms with Gasteiger partial charge in [0, 0.05) is 5.69 Å². The van der Waals surface area contributed by atoms with Crippen molar-refractivity contribution in [2.24, 2.45) is 0 Å². The number of carbonyl (C=O) groups excluding carboxylic acids is 3. The molecule has 28 heavy (non-hydrogen) atoms. The maximum absolute atomic E-state index is 12.3. The summed E-state index contributed by atoms with van der Waals surface area (Å²) in [7, 11) is 0. The van der Waals surface area contributed by atoms with Crippen molar-refractivity contribution in [3.63, 3.8) is 0 Å². The number of benzene rings is 2. The van der Waals surface area contributed by atoms with E-state index in [0.29, 0.717) is 12.1 Å². The Labute approximate surface area is 169 Å². The molecular weight excluding hydrogens is 372 g/mol. The van der Waals surface area contributed by atoms with E-state index in [2.05, 4.69) is 24.4 Å². The van der Waals surface area contributed by atoms with E-state index in [4.69, 9.17) is 0 Å². The number of imide groups is 1. The SMILES string of the molecule is CCCCc1ccc(CC(=O)Nc2ccc(CN3C(=O)CSC3=O)cc2)cc1. The minimum atomic E-state index is -0.205. The number of anilines is 1. The van der Waals surface area contributed by atoms with Gasteiger partial charge in [-0.2, -0.15) is 0 Å². The second kappa shape index (κ2) is 9.55. The smallest absolute Gasteiger partial charge is 0.289 e. The van der Waals surface area contributed by atoms with Crippen LogP contribution in [0, 0.1) is 0 Å². The Morgan fingerprint density at radius 2 is 1.64 bits per heavy atom. The van der Waals surface area contributed by atoms with Gasteiger partial charge < -0.3 is 5.32 Å². The minimum absolute atomic E-state index is 0.0737. The van der Waals surface area contributed by atoms with Gasteiger partial charge in [-0.1, -0.05) is 61.5 Å². The Bertz CT molecular complexity index is 831. The normalized spacial score (nSPS) is 13.8. The highest BCUT2D eigenvalue weighted by Crippen LogP contribution is 2.22. The molecule has 3 rings (SSSR count). The molecule has 1 saturated heterocycles. The molecule has 0 saturated carbocycles. The van der Waals surface area contributed by atoms with Gasteiger partial charge in [-0.05, 0) is 41.7 Å². The van der Waals surface area contributed by atoms with E-state index in [9.17, 15) is 14.4 Å². The van der Waals surface area contributed by atoms with Crippen LogP contribution < -0.4 is 5.32 Å². The van der Waals surface area contributed by atoms with Crippen molar-refractivity contribution in [3.8, 4) is 0 Å². The standard InChI is InChI=1S/C22H24N2O3S/c1-2-3-4-16-5-7-17(8-6-16)13-20(25)23-19-11-9-18(10-12-19)14-24-21(26)15-28-22(24)27/h5-12H,2-4,13-15H2,1H3,(H,23,25).